The molecule has 3 aromatic rings. The van der Waals surface area contributed by atoms with Gasteiger partial charge >= 0.3 is 6.18 Å². The Labute approximate surface area is 260 Å². The molecule has 1 amide bonds. The summed E-state index contributed by atoms with van der Waals surface area (Å²) >= 11 is 0. The van der Waals surface area contributed by atoms with Crippen LogP contribution in [-0.4, -0.2) is 73.3 Å². The second kappa shape index (κ2) is 12.4. The number of piperidine rings is 1. The smallest absolute Gasteiger partial charge is 0.421 e. The van der Waals surface area contributed by atoms with Crippen molar-refractivity contribution in [3.05, 3.63) is 59.3 Å². The highest BCUT2D eigenvalue weighted by Gasteiger charge is 2.40. The first-order valence-electron chi connectivity index (χ1n) is 15.2. The van der Waals surface area contributed by atoms with Crippen molar-refractivity contribution in [2.45, 2.75) is 50.9 Å². The number of morpholine rings is 1. The van der Waals surface area contributed by atoms with Crippen LogP contribution in [0.5, 0.6) is 5.75 Å². The molecule has 2 fully saturated rings. The third-order valence-corrected chi connectivity index (χ3v) is 8.96. The minimum atomic E-state index is -4.68. The number of carbonyl (C=O) groups excluding carboxylic acids is 1. The summed E-state index contributed by atoms with van der Waals surface area (Å²) in [4.78, 5) is 25.5. The van der Waals surface area contributed by atoms with Gasteiger partial charge in [-0.3, -0.25) is 9.69 Å². The van der Waals surface area contributed by atoms with Gasteiger partial charge in [0.2, 0.25) is 11.9 Å². The Morgan fingerprint density at radius 2 is 1.87 bits per heavy atom. The lowest BCUT2D eigenvalue weighted by atomic mass is 9.83. The van der Waals surface area contributed by atoms with Gasteiger partial charge in [0.05, 0.1) is 31.4 Å². The van der Waals surface area contributed by atoms with E-state index in [-0.39, 0.29) is 24.2 Å². The summed E-state index contributed by atoms with van der Waals surface area (Å²) in [5.41, 5.74) is 1.84. The number of benzene rings is 2. The molecule has 0 unspecified atom stereocenters. The lowest BCUT2D eigenvalue weighted by molar-refractivity contribution is -0.137. The molecule has 13 heteroatoms. The van der Waals surface area contributed by atoms with Crippen LogP contribution in [-0.2, 0) is 27.7 Å². The van der Waals surface area contributed by atoms with E-state index in [1.54, 1.807) is 39.2 Å². The van der Waals surface area contributed by atoms with Gasteiger partial charge in [-0.1, -0.05) is 12.1 Å². The number of nitrogens with one attached hydrogen (secondary N) is 3. The number of ether oxygens (including phenoxy) is 2. The Balaban J connectivity index is 1.18. The lowest BCUT2D eigenvalue weighted by Gasteiger charge is -2.40. The highest BCUT2D eigenvalue weighted by atomic mass is 19.4. The Hall–Kier alpha value is -4.10. The molecule has 2 saturated heterocycles. The molecule has 1 aromatic heterocycles. The van der Waals surface area contributed by atoms with Gasteiger partial charge in [0.25, 0.3) is 0 Å². The van der Waals surface area contributed by atoms with E-state index < -0.39 is 17.2 Å². The predicted molar refractivity (Wildman–Crippen MR) is 166 cm³/mol. The van der Waals surface area contributed by atoms with Gasteiger partial charge in [-0.25, -0.2) is 4.98 Å². The van der Waals surface area contributed by atoms with Crippen molar-refractivity contribution in [1.29, 1.82) is 0 Å². The van der Waals surface area contributed by atoms with Crippen LogP contribution in [0.15, 0.2) is 42.6 Å². The maximum atomic E-state index is 14.0. The highest BCUT2D eigenvalue weighted by molar-refractivity contribution is 6.06. The monoisotopic (exact) mass is 625 g/mol. The van der Waals surface area contributed by atoms with Crippen LogP contribution in [0.4, 0.5) is 42.0 Å². The fourth-order valence-electron chi connectivity index (χ4n) is 6.48. The molecule has 0 saturated carbocycles. The van der Waals surface area contributed by atoms with Crippen molar-refractivity contribution < 1.29 is 27.4 Å². The van der Waals surface area contributed by atoms with Crippen molar-refractivity contribution >= 4 is 34.7 Å². The van der Waals surface area contributed by atoms with Crippen LogP contribution < -0.4 is 25.6 Å². The van der Waals surface area contributed by atoms with Crippen molar-refractivity contribution in [2.24, 2.45) is 0 Å². The van der Waals surface area contributed by atoms with E-state index in [1.165, 1.54) is 0 Å². The molecule has 10 nitrogen and oxygen atoms in total. The molecule has 0 spiro atoms. The van der Waals surface area contributed by atoms with Gasteiger partial charge in [-0.15, -0.1) is 0 Å². The van der Waals surface area contributed by atoms with Crippen molar-refractivity contribution in [1.82, 2.24) is 14.9 Å². The second-order valence-corrected chi connectivity index (χ2v) is 12.1. The number of fused-ring (bicyclic) bond motifs is 1. The molecule has 6 rings (SSSR count). The quantitative estimate of drug-likeness (QED) is 0.304. The Bertz CT molecular complexity index is 1550. The first kappa shape index (κ1) is 30.9. The van der Waals surface area contributed by atoms with Crippen molar-refractivity contribution in [2.75, 3.05) is 67.4 Å². The number of methoxy groups -OCH3 is 1. The van der Waals surface area contributed by atoms with Gasteiger partial charge in [0.1, 0.15) is 17.1 Å². The van der Waals surface area contributed by atoms with Gasteiger partial charge in [-0.2, -0.15) is 18.2 Å². The number of alkyl halides is 3. The molecule has 3 N–H and O–H groups in total. The molecule has 3 aliphatic rings. The molecule has 2 aromatic carbocycles. The Morgan fingerprint density at radius 1 is 1.11 bits per heavy atom. The number of aromatic nitrogens is 2. The third kappa shape index (κ3) is 6.36. The summed E-state index contributed by atoms with van der Waals surface area (Å²) < 4.78 is 53.1. The SMILES string of the molecule is COc1cc(N2CCC(N3CCOCC3)CC2)ccc1Nc1ncc(C(F)(F)F)c(NCc2cccc3c2C(C)(C)C(=O)N3)n1. The fourth-order valence-corrected chi connectivity index (χ4v) is 6.48. The Kier molecular flexibility index (Phi) is 8.49. The molecule has 0 atom stereocenters. The van der Waals surface area contributed by atoms with Crippen molar-refractivity contribution in [3.8, 4) is 5.75 Å². The summed E-state index contributed by atoms with van der Waals surface area (Å²) in [7, 11) is 1.55. The zero-order valence-corrected chi connectivity index (χ0v) is 25.6. The minimum absolute atomic E-state index is 0.0154. The van der Waals surface area contributed by atoms with Gasteiger partial charge in [0.15, 0.2) is 0 Å². The van der Waals surface area contributed by atoms with E-state index in [9.17, 15) is 18.0 Å². The summed E-state index contributed by atoms with van der Waals surface area (Å²) in [5.74, 6) is -0.0169. The van der Waals surface area contributed by atoms with Gasteiger partial charge in [-0.05, 0) is 56.0 Å². The standard InChI is InChI=1S/C32H38F3N7O3/c1-31(2)27-20(5-4-6-25(27)38-29(31)43)18-36-28-23(32(33,34)35)19-37-30(40-28)39-24-8-7-22(17-26(24)44-3)41-11-9-21(10-12-41)42-13-15-45-16-14-42/h4-8,17,19,21H,9-16,18H2,1-3H3,(H,38,43)(H2,36,37,39,40). The van der Waals surface area contributed by atoms with Crippen LogP contribution in [0.2, 0.25) is 0 Å². The summed E-state index contributed by atoms with van der Waals surface area (Å²) in [5, 5.41) is 8.74. The molecule has 3 aliphatic heterocycles. The number of anilines is 5. The van der Waals surface area contributed by atoms with Crippen LogP contribution in [0.25, 0.3) is 0 Å². The van der Waals surface area contributed by atoms with E-state index in [0.717, 1.165) is 69.7 Å². The largest absolute Gasteiger partial charge is 0.494 e. The number of hydrogen-bond donors (Lipinski definition) is 3. The molecule has 0 aliphatic carbocycles. The average molecular weight is 626 g/mol. The molecule has 45 heavy (non-hydrogen) atoms. The molecular weight excluding hydrogens is 587 g/mol. The van der Waals surface area contributed by atoms with E-state index >= 15 is 0 Å². The highest BCUT2D eigenvalue weighted by Crippen LogP contribution is 2.41. The van der Waals surface area contributed by atoms with Crippen LogP contribution in [0, 0.1) is 0 Å². The van der Waals surface area contributed by atoms with Gasteiger partial charge < -0.3 is 30.3 Å². The number of amides is 1. The van der Waals surface area contributed by atoms with Crippen LogP contribution in [0.1, 0.15) is 43.4 Å². The van der Waals surface area contributed by atoms with E-state index in [1.807, 2.05) is 18.2 Å². The second-order valence-electron chi connectivity index (χ2n) is 12.1. The minimum Gasteiger partial charge on any atom is -0.494 e. The maximum absolute atomic E-state index is 14.0. The third-order valence-electron chi connectivity index (χ3n) is 8.96. The zero-order valence-electron chi connectivity index (χ0n) is 25.6. The molecule has 0 radical (unpaired) electrons. The topological polar surface area (TPSA) is 104 Å². The maximum Gasteiger partial charge on any atom is 0.421 e. The molecule has 240 valence electrons. The van der Waals surface area contributed by atoms with E-state index in [0.29, 0.717) is 28.7 Å². The normalized spacial score (nSPS) is 18.8. The number of halogens is 3. The van der Waals surface area contributed by atoms with Crippen molar-refractivity contribution in [3.63, 3.8) is 0 Å². The molecule has 4 heterocycles. The van der Waals surface area contributed by atoms with Crippen LogP contribution in [0.3, 0.4) is 0 Å². The molecule has 0 bridgehead atoms. The number of carbonyl (C=O) groups is 1. The fraction of sp³-hybridized carbons (Fsp3) is 0.469. The van der Waals surface area contributed by atoms with Crippen LogP contribution >= 0.6 is 0 Å². The Morgan fingerprint density at radius 3 is 2.58 bits per heavy atom. The van der Waals surface area contributed by atoms with E-state index in [4.69, 9.17) is 9.47 Å². The first-order valence-corrected chi connectivity index (χ1v) is 15.2. The summed E-state index contributed by atoms with van der Waals surface area (Å²) in [6.07, 6.45) is -1.78. The van der Waals surface area contributed by atoms with Gasteiger partial charge in [0, 0.05) is 62.4 Å². The summed E-state index contributed by atoms with van der Waals surface area (Å²) in [6, 6.07) is 11.6. The average Bonchev–Trinajstić information content (AvgIpc) is 3.28. The predicted octanol–water partition coefficient (Wildman–Crippen LogP) is 5.39. The number of rotatable bonds is 8. The zero-order chi connectivity index (χ0) is 31.8. The van der Waals surface area contributed by atoms with E-state index in [2.05, 4.69) is 35.7 Å². The number of nitrogens with zero attached hydrogens (tertiary/aromatic N) is 4. The lowest BCUT2D eigenvalue weighted by Crippen LogP contribution is -2.49. The number of hydrogen-bond acceptors (Lipinski definition) is 9. The molecular formula is C32H38F3N7O3. The first-order chi connectivity index (χ1) is 21.5. The summed E-state index contributed by atoms with van der Waals surface area (Å²) in [6.45, 7) is 8.98.